The van der Waals surface area contributed by atoms with Gasteiger partial charge in [0.15, 0.2) is 0 Å². The van der Waals surface area contributed by atoms with Crippen molar-refractivity contribution in [2.24, 2.45) is 0 Å². The minimum atomic E-state index is 0.196. The Kier molecular flexibility index (Phi) is 4.71. The first kappa shape index (κ1) is 11.3. The second-order valence-electron chi connectivity index (χ2n) is 3.94. The van der Waals surface area contributed by atoms with E-state index in [0.29, 0.717) is 6.04 Å². The van der Waals surface area contributed by atoms with E-state index in [0.717, 1.165) is 13.0 Å². The van der Waals surface area contributed by atoms with Gasteiger partial charge in [-0.1, -0.05) is 25.8 Å². The normalized spacial score (nSPS) is 23.9. The van der Waals surface area contributed by atoms with Gasteiger partial charge in [0.05, 0.1) is 0 Å². The summed E-state index contributed by atoms with van der Waals surface area (Å²) in [5.74, 6) is 0.196. The molecule has 0 aromatic rings. The van der Waals surface area contributed by atoms with Gasteiger partial charge < -0.3 is 4.90 Å². The summed E-state index contributed by atoms with van der Waals surface area (Å²) in [6.07, 6.45) is 9.51. The molecule has 1 atom stereocenters. The van der Waals surface area contributed by atoms with Gasteiger partial charge in [0.2, 0.25) is 5.91 Å². The number of amides is 1. The van der Waals surface area contributed by atoms with Gasteiger partial charge >= 0.3 is 0 Å². The van der Waals surface area contributed by atoms with Crippen molar-refractivity contribution in [1.29, 1.82) is 0 Å². The van der Waals surface area contributed by atoms with Gasteiger partial charge in [0, 0.05) is 12.6 Å². The maximum absolute atomic E-state index is 11.8. The van der Waals surface area contributed by atoms with Crippen molar-refractivity contribution in [3.8, 4) is 0 Å². The molecule has 1 aliphatic heterocycles. The molecule has 1 unspecified atom stereocenters. The largest absolute Gasteiger partial charge is 0.336 e. The molecular weight excluding hydrogens is 174 g/mol. The number of rotatable bonds is 2. The van der Waals surface area contributed by atoms with Crippen LogP contribution in [-0.4, -0.2) is 23.4 Å². The molecule has 0 aliphatic carbocycles. The van der Waals surface area contributed by atoms with Crippen molar-refractivity contribution in [2.45, 2.75) is 52.0 Å². The fourth-order valence-corrected chi connectivity index (χ4v) is 2.13. The summed E-state index contributed by atoms with van der Waals surface area (Å²) < 4.78 is 0. The number of carbonyl (C=O) groups excluding carboxylic acids is 1. The summed E-state index contributed by atoms with van der Waals surface area (Å²) in [4.78, 5) is 13.8. The van der Waals surface area contributed by atoms with Gasteiger partial charge in [-0.3, -0.25) is 4.79 Å². The molecule has 0 aromatic carbocycles. The zero-order chi connectivity index (χ0) is 10.4. The molecule has 1 amide bonds. The Morgan fingerprint density at radius 2 is 2.21 bits per heavy atom. The highest BCUT2D eigenvalue weighted by Crippen LogP contribution is 2.19. The van der Waals surface area contributed by atoms with Crippen LogP contribution in [0.1, 0.15) is 46.0 Å². The molecule has 14 heavy (non-hydrogen) atoms. The third-order valence-electron chi connectivity index (χ3n) is 2.94. The molecule has 2 nitrogen and oxygen atoms in total. The minimum Gasteiger partial charge on any atom is -0.336 e. The predicted octanol–water partition coefficient (Wildman–Crippen LogP) is 2.74. The van der Waals surface area contributed by atoms with Crippen LogP contribution in [0.2, 0.25) is 0 Å². The van der Waals surface area contributed by atoms with E-state index < -0.39 is 0 Å². The van der Waals surface area contributed by atoms with Gasteiger partial charge in [-0.05, 0) is 32.3 Å². The van der Waals surface area contributed by atoms with Crippen LogP contribution in [0, 0.1) is 0 Å². The molecule has 1 rings (SSSR count). The van der Waals surface area contributed by atoms with E-state index in [9.17, 15) is 4.79 Å². The highest BCUT2D eigenvalue weighted by molar-refractivity contribution is 5.87. The maximum Gasteiger partial charge on any atom is 0.246 e. The number of carbonyl (C=O) groups is 1. The summed E-state index contributed by atoms with van der Waals surface area (Å²) in [6, 6.07) is 0.473. The number of allylic oxidation sites excluding steroid dienone is 1. The van der Waals surface area contributed by atoms with Gasteiger partial charge in [-0.2, -0.15) is 0 Å². The number of hydrogen-bond acceptors (Lipinski definition) is 1. The van der Waals surface area contributed by atoms with Crippen LogP contribution in [-0.2, 0) is 4.79 Å². The van der Waals surface area contributed by atoms with E-state index in [2.05, 4.69) is 6.92 Å². The third-order valence-corrected chi connectivity index (χ3v) is 2.94. The van der Waals surface area contributed by atoms with Crippen LogP contribution in [0.15, 0.2) is 12.2 Å². The van der Waals surface area contributed by atoms with Crippen LogP contribution in [0.4, 0.5) is 0 Å². The molecule has 0 aromatic heterocycles. The van der Waals surface area contributed by atoms with Crippen molar-refractivity contribution in [2.75, 3.05) is 6.54 Å². The smallest absolute Gasteiger partial charge is 0.246 e. The predicted molar refractivity (Wildman–Crippen MR) is 59.1 cm³/mol. The van der Waals surface area contributed by atoms with Crippen LogP contribution < -0.4 is 0 Å². The molecule has 0 N–H and O–H groups in total. The average molecular weight is 195 g/mol. The zero-order valence-corrected chi connectivity index (χ0v) is 9.33. The summed E-state index contributed by atoms with van der Waals surface area (Å²) >= 11 is 0. The Labute approximate surface area is 87.0 Å². The van der Waals surface area contributed by atoms with Crippen LogP contribution in [0.5, 0.6) is 0 Å². The lowest BCUT2D eigenvalue weighted by molar-refractivity contribution is -0.128. The molecular formula is C12H21NO. The fourth-order valence-electron chi connectivity index (χ4n) is 2.13. The van der Waals surface area contributed by atoms with E-state index in [4.69, 9.17) is 0 Å². The molecule has 1 saturated heterocycles. The monoisotopic (exact) mass is 195 g/mol. The number of likely N-dealkylation sites (tertiary alicyclic amines) is 1. The molecule has 0 saturated carbocycles. The quantitative estimate of drug-likeness (QED) is 0.620. The van der Waals surface area contributed by atoms with Crippen LogP contribution in [0.25, 0.3) is 0 Å². The van der Waals surface area contributed by atoms with E-state index in [1.807, 2.05) is 17.9 Å². The zero-order valence-electron chi connectivity index (χ0n) is 9.33. The Bertz CT molecular complexity index is 210. The molecule has 1 heterocycles. The summed E-state index contributed by atoms with van der Waals surface area (Å²) in [6.45, 7) is 5.02. The van der Waals surface area contributed by atoms with Gasteiger partial charge in [0.1, 0.15) is 0 Å². The molecule has 1 aliphatic rings. The third kappa shape index (κ3) is 2.86. The second kappa shape index (κ2) is 5.84. The molecule has 80 valence electrons. The standard InChI is InChI=1S/C12H21NO/c1-3-8-12(14)13-10-7-5-6-9-11(13)4-2/h3,8,11H,4-7,9-10H2,1-2H3/b8-3+. The maximum atomic E-state index is 11.8. The SMILES string of the molecule is C/C=C/C(=O)N1CCCCCC1CC. The molecule has 0 bridgehead atoms. The fraction of sp³-hybridized carbons (Fsp3) is 0.750. The number of nitrogens with zero attached hydrogens (tertiary/aromatic N) is 1. The van der Waals surface area contributed by atoms with E-state index in [1.54, 1.807) is 6.08 Å². The molecule has 1 fully saturated rings. The van der Waals surface area contributed by atoms with Crippen LogP contribution >= 0.6 is 0 Å². The first-order valence-electron chi connectivity index (χ1n) is 5.73. The molecule has 0 spiro atoms. The van der Waals surface area contributed by atoms with Crippen molar-refractivity contribution in [3.05, 3.63) is 12.2 Å². The Balaban J connectivity index is 2.64. The lowest BCUT2D eigenvalue weighted by Gasteiger charge is -2.28. The highest BCUT2D eigenvalue weighted by Gasteiger charge is 2.21. The topological polar surface area (TPSA) is 20.3 Å². The minimum absolute atomic E-state index is 0.196. The van der Waals surface area contributed by atoms with E-state index >= 15 is 0 Å². The van der Waals surface area contributed by atoms with Crippen molar-refractivity contribution in [1.82, 2.24) is 4.90 Å². The van der Waals surface area contributed by atoms with Gasteiger partial charge in [0.25, 0.3) is 0 Å². The highest BCUT2D eigenvalue weighted by atomic mass is 16.2. The summed E-state index contributed by atoms with van der Waals surface area (Å²) in [7, 11) is 0. The lowest BCUT2D eigenvalue weighted by atomic mass is 10.1. The average Bonchev–Trinajstić information content (AvgIpc) is 2.42. The lowest BCUT2D eigenvalue weighted by Crippen LogP contribution is -2.38. The van der Waals surface area contributed by atoms with Crippen LogP contribution in [0.3, 0.4) is 0 Å². The Morgan fingerprint density at radius 3 is 2.86 bits per heavy atom. The van der Waals surface area contributed by atoms with E-state index in [-0.39, 0.29) is 5.91 Å². The molecule has 2 heteroatoms. The van der Waals surface area contributed by atoms with Crippen molar-refractivity contribution in [3.63, 3.8) is 0 Å². The molecule has 0 radical (unpaired) electrons. The first-order chi connectivity index (χ1) is 6.79. The van der Waals surface area contributed by atoms with Crippen molar-refractivity contribution < 1.29 is 4.79 Å². The number of hydrogen-bond donors (Lipinski definition) is 0. The van der Waals surface area contributed by atoms with Gasteiger partial charge in [-0.25, -0.2) is 0 Å². The Morgan fingerprint density at radius 1 is 1.43 bits per heavy atom. The van der Waals surface area contributed by atoms with E-state index in [1.165, 1.54) is 25.7 Å². The van der Waals surface area contributed by atoms with Crippen molar-refractivity contribution >= 4 is 5.91 Å². The summed E-state index contributed by atoms with van der Waals surface area (Å²) in [5, 5.41) is 0. The second-order valence-corrected chi connectivity index (χ2v) is 3.94. The van der Waals surface area contributed by atoms with Gasteiger partial charge in [-0.15, -0.1) is 0 Å². The summed E-state index contributed by atoms with van der Waals surface area (Å²) in [5.41, 5.74) is 0. The Hall–Kier alpha value is -0.790. The first-order valence-corrected chi connectivity index (χ1v) is 5.73.